The summed E-state index contributed by atoms with van der Waals surface area (Å²) in [4.78, 5) is 29.0. The van der Waals surface area contributed by atoms with Gasteiger partial charge in [-0.3, -0.25) is 0 Å². The van der Waals surface area contributed by atoms with Gasteiger partial charge in [0, 0.05) is 29.1 Å². The van der Waals surface area contributed by atoms with Gasteiger partial charge in [-0.1, -0.05) is 6.07 Å². The molecule has 0 radical (unpaired) electrons. The molecular formula is C24H22N8O2. The van der Waals surface area contributed by atoms with E-state index in [1.165, 1.54) is 6.33 Å². The van der Waals surface area contributed by atoms with Gasteiger partial charge >= 0.3 is 5.97 Å². The predicted octanol–water partition coefficient (Wildman–Crippen LogP) is 3.78. The van der Waals surface area contributed by atoms with Crippen LogP contribution in [0, 0.1) is 0 Å². The standard InChI is InChI=1S/C24H22N8O2/c1-24(2,3)32-20-7-4-14(16-10-27-23(25)28-11-16)9-18(20)30-21(32)17-8-15(22(33)34)5-6-19(17)31-13-26-12-29-31/h4-13H,1-3H3,(H,33,34)(H2,25,27,28). The molecule has 0 aliphatic carbocycles. The summed E-state index contributed by atoms with van der Waals surface area (Å²) in [5, 5.41) is 13.9. The number of nitrogens with two attached hydrogens (primary N) is 1. The number of anilines is 1. The summed E-state index contributed by atoms with van der Waals surface area (Å²) in [5.74, 6) is -0.180. The Morgan fingerprint density at radius 1 is 1.03 bits per heavy atom. The summed E-state index contributed by atoms with van der Waals surface area (Å²) in [6.45, 7) is 6.24. The Hall–Kier alpha value is -4.60. The zero-order valence-electron chi connectivity index (χ0n) is 18.8. The quantitative estimate of drug-likeness (QED) is 0.418. The molecule has 0 saturated heterocycles. The summed E-state index contributed by atoms with van der Waals surface area (Å²) in [6.07, 6.45) is 6.35. The number of aromatic carboxylic acids is 1. The number of nitrogens with zero attached hydrogens (tertiary/aromatic N) is 7. The number of carboxylic acid groups (broad SMARTS) is 1. The molecule has 3 N–H and O–H groups in total. The van der Waals surface area contributed by atoms with Crippen molar-refractivity contribution in [1.82, 2.24) is 34.3 Å². The van der Waals surface area contributed by atoms with E-state index in [-0.39, 0.29) is 17.1 Å². The van der Waals surface area contributed by atoms with Crippen molar-refractivity contribution in [3.05, 3.63) is 67.0 Å². The van der Waals surface area contributed by atoms with Gasteiger partial charge in [0.2, 0.25) is 5.95 Å². The van der Waals surface area contributed by atoms with Gasteiger partial charge < -0.3 is 15.4 Å². The molecule has 0 aliphatic rings. The smallest absolute Gasteiger partial charge is 0.335 e. The van der Waals surface area contributed by atoms with Crippen molar-refractivity contribution in [1.29, 1.82) is 0 Å². The highest BCUT2D eigenvalue weighted by molar-refractivity contribution is 5.92. The SMILES string of the molecule is CC(C)(C)n1c(-c2cc(C(=O)O)ccc2-n2cncn2)nc2cc(-c3cnc(N)nc3)ccc21. The number of aromatic nitrogens is 7. The van der Waals surface area contributed by atoms with Crippen LogP contribution < -0.4 is 5.73 Å². The Kier molecular flexibility index (Phi) is 4.85. The lowest BCUT2D eigenvalue weighted by molar-refractivity contribution is 0.0697. The lowest BCUT2D eigenvalue weighted by Crippen LogP contribution is -2.23. The third kappa shape index (κ3) is 3.64. The van der Waals surface area contributed by atoms with Crippen LogP contribution >= 0.6 is 0 Å². The number of hydrogen-bond acceptors (Lipinski definition) is 7. The number of fused-ring (bicyclic) bond motifs is 1. The average molecular weight is 454 g/mol. The third-order valence-electron chi connectivity index (χ3n) is 5.48. The first-order valence-corrected chi connectivity index (χ1v) is 10.6. The Bertz CT molecular complexity index is 1510. The number of nitrogen functional groups attached to an aromatic ring is 1. The molecule has 3 aromatic heterocycles. The first-order chi connectivity index (χ1) is 16.2. The van der Waals surface area contributed by atoms with E-state index in [1.54, 1.807) is 41.6 Å². The van der Waals surface area contributed by atoms with E-state index in [1.807, 2.05) is 18.2 Å². The number of carboxylic acids is 1. The van der Waals surface area contributed by atoms with Crippen LogP contribution in [0.15, 0.2) is 61.4 Å². The predicted molar refractivity (Wildman–Crippen MR) is 127 cm³/mol. The number of benzene rings is 2. The number of imidazole rings is 1. The Labute approximate surface area is 194 Å². The van der Waals surface area contributed by atoms with E-state index < -0.39 is 5.97 Å². The second-order valence-corrected chi connectivity index (χ2v) is 8.85. The highest BCUT2D eigenvalue weighted by Crippen LogP contribution is 2.36. The summed E-state index contributed by atoms with van der Waals surface area (Å²) >= 11 is 0. The van der Waals surface area contributed by atoms with Crippen LogP contribution in [0.25, 0.3) is 39.2 Å². The Balaban J connectivity index is 1.79. The van der Waals surface area contributed by atoms with Crippen LogP contribution in [0.1, 0.15) is 31.1 Å². The molecule has 5 aromatic rings. The third-order valence-corrected chi connectivity index (χ3v) is 5.48. The molecule has 3 heterocycles. The van der Waals surface area contributed by atoms with Crippen molar-refractivity contribution >= 4 is 23.0 Å². The summed E-state index contributed by atoms with van der Waals surface area (Å²) in [7, 11) is 0. The highest BCUT2D eigenvalue weighted by atomic mass is 16.4. The second-order valence-electron chi connectivity index (χ2n) is 8.85. The molecule has 0 unspecified atom stereocenters. The van der Waals surface area contributed by atoms with Gasteiger partial charge in [-0.2, -0.15) is 5.10 Å². The molecule has 0 saturated carbocycles. The minimum atomic E-state index is -1.02. The molecule has 0 aliphatic heterocycles. The van der Waals surface area contributed by atoms with Gasteiger partial charge in [-0.15, -0.1) is 0 Å². The lowest BCUT2D eigenvalue weighted by atomic mass is 10.0. The molecule has 0 bridgehead atoms. The van der Waals surface area contributed by atoms with Crippen molar-refractivity contribution in [3.8, 4) is 28.2 Å². The largest absolute Gasteiger partial charge is 0.478 e. The zero-order chi connectivity index (χ0) is 24.0. The molecule has 5 rings (SSSR count). The van der Waals surface area contributed by atoms with Crippen LogP contribution in [0.2, 0.25) is 0 Å². The topological polar surface area (TPSA) is 138 Å². The number of carbonyl (C=O) groups is 1. The minimum absolute atomic E-state index is 0.158. The highest BCUT2D eigenvalue weighted by Gasteiger charge is 2.25. The van der Waals surface area contributed by atoms with Crippen LogP contribution in [0.3, 0.4) is 0 Å². The molecule has 10 nitrogen and oxygen atoms in total. The van der Waals surface area contributed by atoms with Crippen molar-refractivity contribution < 1.29 is 9.90 Å². The first-order valence-electron chi connectivity index (χ1n) is 10.6. The van der Waals surface area contributed by atoms with Crippen molar-refractivity contribution in [2.45, 2.75) is 26.3 Å². The van der Waals surface area contributed by atoms with Crippen molar-refractivity contribution in [3.63, 3.8) is 0 Å². The molecule has 10 heteroatoms. The van der Waals surface area contributed by atoms with Gasteiger partial charge in [0.15, 0.2) is 0 Å². The fraction of sp³-hybridized carbons (Fsp3) is 0.167. The second kappa shape index (κ2) is 7.77. The van der Waals surface area contributed by atoms with Crippen LogP contribution in [-0.4, -0.2) is 45.4 Å². The Morgan fingerprint density at radius 2 is 1.79 bits per heavy atom. The number of rotatable bonds is 4. The van der Waals surface area contributed by atoms with E-state index in [0.717, 1.165) is 22.2 Å². The zero-order valence-corrected chi connectivity index (χ0v) is 18.8. The maximum Gasteiger partial charge on any atom is 0.335 e. The summed E-state index contributed by atoms with van der Waals surface area (Å²) < 4.78 is 3.71. The summed E-state index contributed by atoms with van der Waals surface area (Å²) in [6, 6.07) is 10.8. The van der Waals surface area contributed by atoms with Gasteiger partial charge in [-0.05, 0) is 56.7 Å². The number of hydrogen-bond donors (Lipinski definition) is 2. The van der Waals surface area contributed by atoms with Gasteiger partial charge in [-0.25, -0.2) is 29.4 Å². The van der Waals surface area contributed by atoms with Gasteiger partial charge in [0.25, 0.3) is 0 Å². The van der Waals surface area contributed by atoms with Gasteiger partial charge in [0.05, 0.1) is 22.3 Å². The van der Waals surface area contributed by atoms with Gasteiger partial charge in [0.1, 0.15) is 18.5 Å². The average Bonchev–Trinajstić information content (AvgIpc) is 3.46. The summed E-state index contributed by atoms with van der Waals surface area (Å²) in [5.41, 5.74) is 10.1. The maximum absolute atomic E-state index is 11.8. The van der Waals surface area contributed by atoms with Crippen LogP contribution in [0.5, 0.6) is 0 Å². The van der Waals surface area contributed by atoms with Crippen molar-refractivity contribution in [2.24, 2.45) is 0 Å². The monoisotopic (exact) mass is 454 g/mol. The molecule has 34 heavy (non-hydrogen) atoms. The minimum Gasteiger partial charge on any atom is -0.478 e. The fourth-order valence-corrected chi connectivity index (χ4v) is 3.99. The van der Waals surface area contributed by atoms with Crippen molar-refractivity contribution in [2.75, 3.05) is 5.73 Å². The molecule has 0 fully saturated rings. The fourth-order valence-electron chi connectivity index (χ4n) is 3.99. The first kappa shape index (κ1) is 21.3. The van der Waals surface area contributed by atoms with E-state index in [4.69, 9.17) is 10.7 Å². The van der Waals surface area contributed by atoms with E-state index in [2.05, 4.69) is 45.4 Å². The molecule has 0 atom stereocenters. The normalized spacial score (nSPS) is 11.7. The van der Waals surface area contributed by atoms with Crippen LogP contribution in [0.4, 0.5) is 5.95 Å². The van der Waals surface area contributed by atoms with E-state index in [9.17, 15) is 9.90 Å². The lowest BCUT2D eigenvalue weighted by Gasteiger charge is -2.25. The maximum atomic E-state index is 11.8. The molecule has 0 spiro atoms. The Morgan fingerprint density at radius 3 is 2.44 bits per heavy atom. The van der Waals surface area contributed by atoms with E-state index >= 15 is 0 Å². The van der Waals surface area contributed by atoms with Crippen LogP contribution in [-0.2, 0) is 5.54 Å². The molecule has 2 aromatic carbocycles. The molecular weight excluding hydrogens is 432 g/mol. The molecule has 170 valence electrons. The van der Waals surface area contributed by atoms with E-state index in [0.29, 0.717) is 17.1 Å². The molecule has 0 amide bonds.